The summed E-state index contributed by atoms with van der Waals surface area (Å²) in [5.41, 5.74) is 3.17. The second kappa shape index (κ2) is 10.4. The highest BCUT2D eigenvalue weighted by molar-refractivity contribution is 5.96. The third-order valence-corrected chi connectivity index (χ3v) is 5.86. The van der Waals surface area contributed by atoms with Crippen molar-refractivity contribution in [3.05, 3.63) is 71.1 Å². The molecule has 2 aromatic carbocycles. The summed E-state index contributed by atoms with van der Waals surface area (Å²) >= 11 is 0. The van der Waals surface area contributed by atoms with Gasteiger partial charge in [-0.2, -0.15) is 4.98 Å². The molecule has 1 saturated heterocycles. The first kappa shape index (κ1) is 22.7. The lowest BCUT2D eigenvalue weighted by Gasteiger charge is -2.34. The Balaban J connectivity index is 1.21. The van der Waals surface area contributed by atoms with Crippen molar-refractivity contribution in [2.24, 2.45) is 0 Å². The zero-order valence-corrected chi connectivity index (χ0v) is 19.0. The van der Waals surface area contributed by atoms with Gasteiger partial charge in [-0.05, 0) is 44.2 Å². The third kappa shape index (κ3) is 5.64. The molecule has 1 aromatic heterocycles. The molecular formula is C25H28N4O4. The highest BCUT2D eigenvalue weighted by atomic mass is 16.5. The average molecular weight is 449 g/mol. The van der Waals surface area contributed by atoms with Crippen LogP contribution in [0.2, 0.25) is 0 Å². The van der Waals surface area contributed by atoms with Crippen molar-refractivity contribution in [1.29, 1.82) is 0 Å². The van der Waals surface area contributed by atoms with Crippen molar-refractivity contribution in [2.45, 2.75) is 19.8 Å². The zero-order chi connectivity index (χ0) is 23.2. The fourth-order valence-corrected chi connectivity index (χ4v) is 3.85. The summed E-state index contributed by atoms with van der Waals surface area (Å²) in [6, 6.07) is 14.7. The van der Waals surface area contributed by atoms with Crippen molar-refractivity contribution >= 4 is 11.9 Å². The van der Waals surface area contributed by atoms with Gasteiger partial charge in [-0.3, -0.25) is 9.69 Å². The maximum Gasteiger partial charge on any atom is 0.337 e. The largest absolute Gasteiger partial charge is 0.465 e. The summed E-state index contributed by atoms with van der Waals surface area (Å²) in [5.74, 6) is 0.849. The predicted octanol–water partition coefficient (Wildman–Crippen LogP) is 3.22. The van der Waals surface area contributed by atoms with Crippen molar-refractivity contribution in [2.75, 3.05) is 39.8 Å². The highest BCUT2D eigenvalue weighted by Crippen LogP contribution is 2.17. The molecular weight excluding hydrogens is 420 g/mol. The molecule has 33 heavy (non-hydrogen) atoms. The minimum Gasteiger partial charge on any atom is -0.465 e. The van der Waals surface area contributed by atoms with Crippen LogP contribution in [0.5, 0.6) is 0 Å². The molecule has 3 aromatic rings. The lowest BCUT2D eigenvalue weighted by molar-refractivity contribution is 0.0597. The van der Waals surface area contributed by atoms with Crippen LogP contribution in [0.3, 0.4) is 0 Å². The number of rotatable bonds is 7. The number of aromatic nitrogens is 2. The SMILES string of the molecule is COC(=O)c1ccc(C(=O)N2CCN(CCCc3nc(-c4ccc(C)cc4)no3)CC2)cc1. The Bertz CT molecular complexity index is 1080. The summed E-state index contributed by atoms with van der Waals surface area (Å²) < 4.78 is 10.1. The summed E-state index contributed by atoms with van der Waals surface area (Å²) in [7, 11) is 1.34. The topological polar surface area (TPSA) is 88.8 Å². The second-order valence-corrected chi connectivity index (χ2v) is 8.18. The number of benzene rings is 2. The maximum absolute atomic E-state index is 12.8. The van der Waals surface area contributed by atoms with Crippen LogP contribution in [0, 0.1) is 6.92 Å². The van der Waals surface area contributed by atoms with E-state index in [1.807, 2.05) is 36.1 Å². The molecule has 172 valence electrons. The molecule has 1 amide bonds. The van der Waals surface area contributed by atoms with Crippen molar-refractivity contribution in [1.82, 2.24) is 19.9 Å². The number of nitrogens with zero attached hydrogens (tertiary/aromatic N) is 4. The maximum atomic E-state index is 12.8. The van der Waals surface area contributed by atoms with E-state index in [2.05, 4.69) is 15.0 Å². The summed E-state index contributed by atoms with van der Waals surface area (Å²) in [4.78, 5) is 33.0. The predicted molar refractivity (Wildman–Crippen MR) is 123 cm³/mol. The van der Waals surface area contributed by atoms with Gasteiger partial charge in [-0.1, -0.05) is 35.0 Å². The van der Waals surface area contributed by atoms with Gasteiger partial charge in [0, 0.05) is 43.7 Å². The quantitative estimate of drug-likeness (QED) is 0.513. The van der Waals surface area contributed by atoms with Gasteiger partial charge in [-0.15, -0.1) is 0 Å². The number of ether oxygens (including phenoxy) is 1. The van der Waals surface area contributed by atoms with Gasteiger partial charge in [-0.25, -0.2) is 4.79 Å². The number of methoxy groups -OCH3 is 1. The van der Waals surface area contributed by atoms with Gasteiger partial charge in [0.25, 0.3) is 5.91 Å². The van der Waals surface area contributed by atoms with E-state index in [0.29, 0.717) is 35.9 Å². The van der Waals surface area contributed by atoms with Gasteiger partial charge in [0.05, 0.1) is 12.7 Å². The van der Waals surface area contributed by atoms with Crippen LogP contribution in [0.25, 0.3) is 11.4 Å². The van der Waals surface area contributed by atoms with E-state index in [-0.39, 0.29) is 5.91 Å². The van der Waals surface area contributed by atoms with E-state index in [9.17, 15) is 9.59 Å². The first-order valence-corrected chi connectivity index (χ1v) is 11.1. The van der Waals surface area contributed by atoms with E-state index < -0.39 is 5.97 Å². The zero-order valence-electron chi connectivity index (χ0n) is 19.0. The first-order chi connectivity index (χ1) is 16.0. The van der Waals surface area contributed by atoms with Gasteiger partial charge < -0.3 is 14.2 Å². The van der Waals surface area contributed by atoms with Crippen LogP contribution in [-0.4, -0.2) is 71.7 Å². The van der Waals surface area contributed by atoms with E-state index in [0.717, 1.165) is 38.0 Å². The fraction of sp³-hybridized carbons (Fsp3) is 0.360. The Kier molecular flexibility index (Phi) is 7.14. The lowest BCUT2D eigenvalue weighted by Crippen LogP contribution is -2.48. The number of carbonyl (C=O) groups is 2. The van der Waals surface area contributed by atoms with Crippen LogP contribution >= 0.6 is 0 Å². The fourth-order valence-electron chi connectivity index (χ4n) is 3.85. The summed E-state index contributed by atoms with van der Waals surface area (Å²) in [6.07, 6.45) is 1.64. The standard InChI is InChI=1S/C25H28N4O4/c1-18-5-7-19(8-6-18)23-26-22(33-27-23)4-3-13-28-14-16-29(17-15-28)24(30)20-9-11-21(12-10-20)25(31)32-2/h5-12H,3-4,13-17H2,1-2H3. The number of piperazine rings is 1. The van der Waals surface area contributed by atoms with Gasteiger partial charge in [0.1, 0.15) is 0 Å². The first-order valence-electron chi connectivity index (χ1n) is 11.1. The number of carbonyl (C=O) groups excluding carboxylic acids is 2. The number of amides is 1. The van der Waals surface area contributed by atoms with Crippen LogP contribution in [0.1, 0.15) is 38.6 Å². The molecule has 0 atom stereocenters. The van der Waals surface area contributed by atoms with Crippen LogP contribution in [0.15, 0.2) is 53.1 Å². The molecule has 0 bridgehead atoms. The Hall–Kier alpha value is -3.52. The molecule has 0 saturated carbocycles. The van der Waals surface area contributed by atoms with Crippen molar-refractivity contribution < 1.29 is 18.8 Å². The smallest absolute Gasteiger partial charge is 0.337 e. The Morgan fingerprint density at radius 3 is 2.30 bits per heavy atom. The van der Waals surface area contributed by atoms with E-state index >= 15 is 0 Å². The van der Waals surface area contributed by atoms with Gasteiger partial charge in [0.2, 0.25) is 11.7 Å². The summed E-state index contributed by atoms with van der Waals surface area (Å²) in [6.45, 7) is 5.96. The lowest BCUT2D eigenvalue weighted by atomic mass is 10.1. The highest BCUT2D eigenvalue weighted by Gasteiger charge is 2.22. The van der Waals surface area contributed by atoms with Crippen LogP contribution < -0.4 is 0 Å². The van der Waals surface area contributed by atoms with Gasteiger partial charge >= 0.3 is 5.97 Å². The molecule has 0 N–H and O–H groups in total. The third-order valence-electron chi connectivity index (χ3n) is 5.86. The molecule has 1 aliphatic rings. The number of hydrogen-bond acceptors (Lipinski definition) is 7. The Morgan fingerprint density at radius 2 is 1.64 bits per heavy atom. The molecule has 1 aliphatic heterocycles. The van der Waals surface area contributed by atoms with Crippen molar-refractivity contribution in [3.8, 4) is 11.4 Å². The molecule has 8 nitrogen and oxygen atoms in total. The van der Waals surface area contributed by atoms with Crippen molar-refractivity contribution in [3.63, 3.8) is 0 Å². The van der Waals surface area contributed by atoms with E-state index in [4.69, 9.17) is 9.26 Å². The summed E-state index contributed by atoms with van der Waals surface area (Å²) in [5, 5.41) is 4.09. The molecule has 8 heteroatoms. The molecule has 0 aliphatic carbocycles. The normalized spacial score (nSPS) is 14.3. The van der Waals surface area contributed by atoms with Crippen LogP contribution in [-0.2, 0) is 11.2 Å². The molecule has 2 heterocycles. The minimum absolute atomic E-state index is 0.0134. The number of esters is 1. The molecule has 0 radical (unpaired) electrons. The van der Waals surface area contributed by atoms with E-state index in [1.54, 1.807) is 24.3 Å². The molecule has 4 rings (SSSR count). The van der Waals surface area contributed by atoms with E-state index in [1.165, 1.54) is 12.7 Å². The molecule has 0 spiro atoms. The van der Waals surface area contributed by atoms with Gasteiger partial charge in [0.15, 0.2) is 0 Å². The Labute approximate surface area is 193 Å². The minimum atomic E-state index is -0.408. The number of aryl methyl sites for hydroxylation is 2. The molecule has 1 fully saturated rings. The van der Waals surface area contributed by atoms with Crippen LogP contribution in [0.4, 0.5) is 0 Å². The Morgan fingerprint density at radius 1 is 0.970 bits per heavy atom. The average Bonchev–Trinajstić information content (AvgIpc) is 3.33. The molecule has 0 unspecified atom stereocenters. The number of hydrogen-bond donors (Lipinski definition) is 0. The monoisotopic (exact) mass is 448 g/mol. The second-order valence-electron chi connectivity index (χ2n) is 8.18.